The van der Waals surface area contributed by atoms with Crippen LogP contribution in [0.1, 0.15) is 39.0 Å². The number of carbonyl (C=O) groups excluding carboxylic acids is 1. The number of carbonyl (C=O) groups is 1. The van der Waals surface area contributed by atoms with Gasteiger partial charge >= 0.3 is 0 Å². The first-order valence-electron chi connectivity index (χ1n) is 7.69. The molecule has 1 amide bonds. The summed E-state index contributed by atoms with van der Waals surface area (Å²) in [5.74, 6) is 0.355. The molecule has 0 aromatic heterocycles. The predicted octanol–water partition coefficient (Wildman–Crippen LogP) is 1.28. The number of primary amides is 1. The Labute approximate surface area is 121 Å². The van der Waals surface area contributed by atoms with E-state index in [0.717, 1.165) is 19.3 Å². The monoisotopic (exact) mass is 279 g/mol. The number of nitriles is 1. The standard InChI is InChI=1S/C15H25N3O2/c1-2-3-11-4-5-12(9-16)13(8-11)18-6-7-20-10-14(18)15(17)19/h11-14H,2-8,10H2,1H3,(H2,17,19). The second-order valence-corrected chi connectivity index (χ2v) is 6.00. The molecule has 5 nitrogen and oxygen atoms in total. The minimum absolute atomic E-state index is 0.0167. The first-order valence-corrected chi connectivity index (χ1v) is 7.69. The van der Waals surface area contributed by atoms with Crippen LogP contribution in [0.5, 0.6) is 0 Å². The third-order valence-corrected chi connectivity index (χ3v) is 4.71. The SMILES string of the molecule is CCCC1CCC(C#N)C(N2CCOCC2C(N)=O)C1. The summed E-state index contributed by atoms with van der Waals surface area (Å²) in [5, 5.41) is 9.41. The van der Waals surface area contributed by atoms with Crippen LogP contribution in [-0.4, -0.2) is 42.6 Å². The zero-order valence-corrected chi connectivity index (χ0v) is 12.3. The zero-order chi connectivity index (χ0) is 14.5. The van der Waals surface area contributed by atoms with Crippen LogP contribution in [0.15, 0.2) is 0 Å². The average Bonchev–Trinajstić information content (AvgIpc) is 2.47. The Kier molecular flexibility index (Phi) is 5.38. The van der Waals surface area contributed by atoms with Crippen molar-refractivity contribution in [2.24, 2.45) is 17.6 Å². The van der Waals surface area contributed by atoms with Gasteiger partial charge in [-0.15, -0.1) is 0 Å². The summed E-state index contributed by atoms with van der Waals surface area (Å²) in [5.41, 5.74) is 5.50. The Morgan fingerprint density at radius 3 is 2.95 bits per heavy atom. The lowest BCUT2D eigenvalue weighted by atomic mass is 9.76. The third-order valence-electron chi connectivity index (χ3n) is 4.71. The van der Waals surface area contributed by atoms with Crippen LogP contribution >= 0.6 is 0 Å². The maximum atomic E-state index is 11.6. The fourth-order valence-corrected chi connectivity index (χ4v) is 3.68. The molecule has 1 aliphatic carbocycles. The van der Waals surface area contributed by atoms with Gasteiger partial charge in [-0.3, -0.25) is 9.69 Å². The largest absolute Gasteiger partial charge is 0.378 e. The van der Waals surface area contributed by atoms with Crippen LogP contribution in [-0.2, 0) is 9.53 Å². The van der Waals surface area contributed by atoms with Crippen molar-refractivity contribution in [3.05, 3.63) is 0 Å². The molecule has 0 aromatic carbocycles. The van der Waals surface area contributed by atoms with Crippen molar-refractivity contribution in [3.8, 4) is 6.07 Å². The molecule has 1 heterocycles. The Balaban J connectivity index is 2.12. The van der Waals surface area contributed by atoms with E-state index in [1.165, 1.54) is 12.8 Å². The van der Waals surface area contributed by atoms with Gasteiger partial charge in [0.15, 0.2) is 0 Å². The zero-order valence-electron chi connectivity index (χ0n) is 12.3. The van der Waals surface area contributed by atoms with Gasteiger partial charge in [-0.1, -0.05) is 19.8 Å². The number of amides is 1. The second-order valence-electron chi connectivity index (χ2n) is 6.00. The van der Waals surface area contributed by atoms with E-state index in [0.29, 0.717) is 25.7 Å². The summed E-state index contributed by atoms with van der Waals surface area (Å²) < 4.78 is 5.38. The van der Waals surface area contributed by atoms with Crippen LogP contribution in [0.4, 0.5) is 0 Å². The van der Waals surface area contributed by atoms with Gasteiger partial charge in [0.2, 0.25) is 5.91 Å². The van der Waals surface area contributed by atoms with Crippen molar-refractivity contribution in [2.75, 3.05) is 19.8 Å². The van der Waals surface area contributed by atoms with Crippen LogP contribution in [0, 0.1) is 23.2 Å². The molecule has 1 saturated carbocycles. The molecule has 5 heteroatoms. The number of hydrogen-bond acceptors (Lipinski definition) is 4. The molecule has 2 rings (SSSR count). The van der Waals surface area contributed by atoms with Crippen LogP contribution in [0.2, 0.25) is 0 Å². The molecule has 2 aliphatic rings. The Morgan fingerprint density at radius 1 is 1.50 bits per heavy atom. The molecule has 20 heavy (non-hydrogen) atoms. The molecule has 112 valence electrons. The summed E-state index contributed by atoms with van der Waals surface area (Å²) in [4.78, 5) is 13.8. The van der Waals surface area contributed by atoms with E-state index in [1.807, 2.05) is 0 Å². The normalized spacial score (nSPS) is 35.4. The molecule has 4 atom stereocenters. The van der Waals surface area contributed by atoms with E-state index in [-0.39, 0.29) is 23.9 Å². The highest BCUT2D eigenvalue weighted by Gasteiger charge is 2.40. The van der Waals surface area contributed by atoms with Crippen molar-refractivity contribution >= 4 is 5.91 Å². The number of rotatable bonds is 4. The smallest absolute Gasteiger partial charge is 0.237 e. The molecular weight excluding hydrogens is 254 g/mol. The lowest BCUT2D eigenvalue weighted by Gasteiger charge is -2.44. The van der Waals surface area contributed by atoms with Gasteiger partial charge in [0.25, 0.3) is 0 Å². The van der Waals surface area contributed by atoms with Crippen molar-refractivity contribution < 1.29 is 9.53 Å². The fourth-order valence-electron chi connectivity index (χ4n) is 3.68. The minimum atomic E-state index is -0.370. The van der Waals surface area contributed by atoms with E-state index in [2.05, 4.69) is 17.9 Å². The molecule has 1 saturated heterocycles. The molecule has 1 aliphatic heterocycles. The quantitative estimate of drug-likeness (QED) is 0.840. The number of ether oxygens (including phenoxy) is 1. The molecule has 2 N–H and O–H groups in total. The topological polar surface area (TPSA) is 79.3 Å². The van der Waals surface area contributed by atoms with Crippen LogP contribution in [0.3, 0.4) is 0 Å². The summed E-state index contributed by atoms with van der Waals surface area (Å²) in [6.07, 6.45) is 5.47. The number of nitrogens with two attached hydrogens (primary N) is 1. The second kappa shape index (κ2) is 7.05. The maximum Gasteiger partial charge on any atom is 0.237 e. The van der Waals surface area contributed by atoms with Gasteiger partial charge in [-0.25, -0.2) is 0 Å². The highest BCUT2D eigenvalue weighted by molar-refractivity contribution is 5.80. The highest BCUT2D eigenvalue weighted by atomic mass is 16.5. The third kappa shape index (κ3) is 3.31. The van der Waals surface area contributed by atoms with Crippen LogP contribution in [0.25, 0.3) is 0 Å². The van der Waals surface area contributed by atoms with Crippen molar-refractivity contribution in [3.63, 3.8) is 0 Å². The van der Waals surface area contributed by atoms with E-state index in [9.17, 15) is 10.1 Å². The summed E-state index contributed by atoms with van der Waals surface area (Å²) >= 11 is 0. The molecule has 0 bridgehead atoms. The van der Waals surface area contributed by atoms with Gasteiger partial charge in [-0.05, 0) is 25.2 Å². The summed E-state index contributed by atoms with van der Waals surface area (Å²) in [7, 11) is 0. The van der Waals surface area contributed by atoms with Crippen molar-refractivity contribution in [1.82, 2.24) is 4.90 Å². The molecule has 2 fully saturated rings. The lowest BCUT2D eigenvalue weighted by Crippen LogP contribution is -2.58. The van der Waals surface area contributed by atoms with E-state index in [4.69, 9.17) is 10.5 Å². The van der Waals surface area contributed by atoms with Gasteiger partial charge in [0, 0.05) is 12.6 Å². The van der Waals surface area contributed by atoms with Crippen LogP contribution < -0.4 is 5.73 Å². The Morgan fingerprint density at radius 2 is 2.30 bits per heavy atom. The number of hydrogen-bond donors (Lipinski definition) is 1. The van der Waals surface area contributed by atoms with E-state index >= 15 is 0 Å². The first-order chi connectivity index (χ1) is 9.67. The number of nitrogens with zero attached hydrogens (tertiary/aromatic N) is 2. The minimum Gasteiger partial charge on any atom is -0.378 e. The summed E-state index contributed by atoms with van der Waals surface area (Å²) in [6, 6.07) is 2.23. The van der Waals surface area contributed by atoms with Gasteiger partial charge in [0.05, 0.1) is 25.2 Å². The van der Waals surface area contributed by atoms with E-state index in [1.54, 1.807) is 0 Å². The van der Waals surface area contributed by atoms with Crippen molar-refractivity contribution in [2.45, 2.75) is 51.1 Å². The first kappa shape index (κ1) is 15.3. The van der Waals surface area contributed by atoms with Gasteiger partial charge in [-0.2, -0.15) is 5.26 Å². The van der Waals surface area contributed by atoms with E-state index < -0.39 is 0 Å². The van der Waals surface area contributed by atoms with Gasteiger partial charge < -0.3 is 10.5 Å². The average molecular weight is 279 g/mol. The van der Waals surface area contributed by atoms with Gasteiger partial charge in [0.1, 0.15) is 6.04 Å². The molecule has 0 aromatic rings. The lowest BCUT2D eigenvalue weighted by molar-refractivity contribution is -0.133. The summed E-state index contributed by atoms with van der Waals surface area (Å²) in [6.45, 7) is 3.89. The molecular formula is C15H25N3O2. The Hall–Kier alpha value is -1.12. The maximum absolute atomic E-state index is 11.6. The Bertz CT molecular complexity index is 380. The predicted molar refractivity (Wildman–Crippen MR) is 75.6 cm³/mol. The number of morpholine rings is 1. The fraction of sp³-hybridized carbons (Fsp3) is 0.867. The molecule has 0 radical (unpaired) electrons. The molecule has 4 unspecified atom stereocenters. The molecule has 0 spiro atoms. The van der Waals surface area contributed by atoms with Crippen molar-refractivity contribution in [1.29, 1.82) is 5.26 Å². The highest BCUT2D eigenvalue weighted by Crippen LogP contribution is 2.35.